The Morgan fingerprint density at radius 2 is 2.13 bits per heavy atom. The van der Waals surface area contributed by atoms with Crippen LogP contribution in [0.5, 0.6) is 5.88 Å². The van der Waals surface area contributed by atoms with Crippen molar-refractivity contribution in [1.82, 2.24) is 24.9 Å². The molecule has 0 radical (unpaired) electrons. The molecule has 1 aliphatic heterocycles. The summed E-state index contributed by atoms with van der Waals surface area (Å²) in [6.45, 7) is 4.36. The molecule has 3 aromatic heterocycles. The topological polar surface area (TPSA) is 123 Å². The third-order valence-corrected chi connectivity index (χ3v) is 6.33. The number of aromatic nitrogens is 5. The van der Waals surface area contributed by atoms with Crippen molar-refractivity contribution >= 4 is 52.7 Å². The summed E-state index contributed by atoms with van der Waals surface area (Å²) in [5, 5.41) is 2.39. The van der Waals surface area contributed by atoms with Crippen molar-refractivity contribution in [3.63, 3.8) is 0 Å². The van der Waals surface area contributed by atoms with Gasteiger partial charge in [0.25, 0.3) is 0 Å². The van der Waals surface area contributed by atoms with Gasteiger partial charge in [-0.2, -0.15) is 4.98 Å². The van der Waals surface area contributed by atoms with E-state index in [4.69, 9.17) is 16.3 Å². The molecule has 1 aliphatic rings. The number of nitrogens with zero attached hydrogens (tertiary/aromatic N) is 6. The SMILES string of the molecule is CPNc1ncncc1[C@@H](C)N1CCOc2nc(Cl)c(F)c3nc(S(C)(=O)=O)nc1c23. The highest BCUT2D eigenvalue weighted by Crippen LogP contribution is 2.40. The lowest BCUT2D eigenvalue weighted by atomic mass is 10.1. The van der Waals surface area contributed by atoms with Crippen LogP contribution in [0.2, 0.25) is 5.15 Å². The van der Waals surface area contributed by atoms with E-state index in [1.807, 2.05) is 13.6 Å². The number of sulfone groups is 1. The Hall–Kier alpha value is -2.43. The van der Waals surface area contributed by atoms with Crippen LogP contribution in [0.15, 0.2) is 17.7 Å². The number of hydrogen-bond acceptors (Lipinski definition) is 10. The van der Waals surface area contributed by atoms with E-state index in [1.165, 1.54) is 6.33 Å². The molecule has 3 aromatic rings. The van der Waals surface area contributed by atoms with E-state index in [9.17, 15) is 12.8 Å². The summed E-state index contributed by atoms with van der Waals surface area (Å²) in [7, 11) is -3.44. The molecular weight excluding hydrogens is 468 g/mol. The van der Waals surface area contributed by atoms with Crippen molar-refractivity contribution in [2.45, 2.75) is 18.1 Å². The molecule has 4 heterocycles. The average Bonchev–Trinajstić information content (AvgIpc) is 2.91. The molecule has 14 heteroatoms. The first kappa shape index (κ1) is 21.8. The Labute approximate surface area is 184 Å². The number of anilines is 2. The van der Waals surface area contributed by atoms with E-state index < -0.39 is 26.0 Å². The molecule has 10 nitrogen and oxygen atoms in total. The largest absolute Gasteiger partial charge is 0.475 e. The Morgan fingerprint density at radius 1 is 1.35 bits per heavy atom. The van der Waals surface area contributed by atoms with Crippen molar-refractivity contribution in [1.29, 1.82) is 0 Å². The first-order chi connectivity index (χ1) is 14.7. The van der Waals surface area contributed by atoms with Gasteiger partial charge in [0.1, 0.15) is 35.5 Å². The van der Waals surface area contributed by atoms with E-state index in [2.05, 4.69) is 30.0 Å². The zero-order valence-corrected chi connectivity index (χ0v) is 19.3. The van der Waals surface area contributed by atoms with Crippen molar-refractivity contribution in [2.75, 3.05) is 36.1 Å². The highest BCUT2D eigenvalue weighted by molar-refractivity contribution is 7.90. The molecule has 2 atom stereocenters. The zero-order valence-electron chi connectivity index (χ0n) is 16.7. The van der Waals surface area contributed by atoms with E-state index in [-0.39, 0.29) is 35.2 Å². The second-order valence-electron chi connectivity index (χ2n) is 6.77. The van der Waals surface area contributed by atoms with Gasteiger partial charge in [-0.05, 0) is 22.3 Å². The van der Waals surface area contributed by atoms with Gasteiger partial charge in [-0.1, -0.05) is 11.6 Å². The summed E-state index contributed by atoms with van der Waals surface area (Å²) in [4.78, 5) is 22.4. The molecule has 0 fully saturated rings. The summed E-state index contributed by atoms with van der Waals surface area (Å²) >= 11 is 5.90. The fourth-order valence-corrected chi connectivity index (χ4v) is 4.44. The van der Waals surface area contributed by atoms with Gasteiger partial charge in [-0.25, -0.2) is 32.7 Å². The Kier molecular flexibility index (Phi) is 5.80. The number of hydrogen-bond donors (Lipinski definition) is 1. The summed E-state index contributed by atoms with van der Waals surface area (Å²) in [6.07, 6.45) is 4.06. The maximum absolute atomic E-state index is 14.9. The molecule has 0 saturated carbocycles. The van der Waals surface area contributed by atoms with Crippen molar-refractivity contribution < 1.29 is 17.5 Å². The van der Waals surface area contributed by atoms with E-state index in [1.54, 1.807) is 11.1 Å². The van der Waals surface area contributed by atoms with Crippen LogP contribution >= 0.6 is 20.3 Å². The molecular formula is C17H18ClFN7O3PS. The minimum Gasteiger partial charge on any atom is -0.475 e. The lowest BCUT2D eigenvalue weighted by Gasteiger charge is -2.30. The van der Waals surface area contributed by atoms with Crippen LogP contribution in [0.1, 0.15) is 18.5 Å². The Balaban J connectivity index is 1.99. The van der Waals surface area contributed by atoms with E-state index >= 15 is 0 Å². The number of halogens is 2. The van der Waals surface area contributed by atoms with Gasteiger partial charge in [0.15, 0.2) is 11.0 Å². The summed E-state index contributed by atoms with van der Waals surface area (Å²) < 4.78 is 45.0. The molecule has 0 spiro atoms. The van der Waals surface area contributed by atoms with Crippen molar-refractivity contribution in [2.24, 2.45) is 0 Å². The first-order valence-corrected chi connectivity index (χ1v) is 12.9. The van der Waals surface area contributed by atoms with Gasteiger partial charge in [-0.3, -0.25) is 0 Å². The Morgan fingerprint density at radius 3 is 2.84 bits per heavy atom. The minimum absolute atomic E-state index is 0.0452. The summed E-state index contributed by atoms with van der Waals surface area (Å²) in [6, 6.07) is -0.362. The van der Waals surface area contributed by atoms with Crippen LogP contribution in [-0.4, -0.2) is 59.4 Å². The molecule has 0 saturated heterocycles. The second kappa shape index (κ2) is 8.25. The fraction of sp³-hybridized carbons (Fsp3) is 0.353. The van der Waals surface area contributed by atoms with Crippen molar-refractivity contribution in [3.8, 4) is 5.88 Å². The number of pyridine rings is 1. The average molecular weight is 486 g/mol. The maximum atomic E-state index is 14.9. The Bertz CT molecular complexity index is 1280. The third kappa shape index (κ3) is 3.95. The van der Waals surface area contributed by atoms with Gasteiger partial charge < -0.3 is 14.7 Å². The highest BCUT2D eigenvalue weighted by Gasteiger charge is 2.31. The molecule has 31 heavy (non-hydrogen) atoms. The van der Waals surface area contributed by atoms with Crippen LogP contribution in [0.4, 0.5) is 16.0 Å². The normalized spacial score (nSPS) is 15.2. The monoisotopic (exact) mass is 485 g/mol. The van der Waals surface area contributed by atoms with Gasteiger partial charge in [0.2, 0.25) is 20.9 Å². The van der Waals surface area contributed by atoms with Gasteiger partial charge in [-0.15, -0.1) is 0 Å². The molecule has 0 amide bonds. The lowest BCUT2D eigenvalue weighted by Crippen LogP contribution is -2.31. The minimum atomic E-state index is -3.84. The van der Waals surface area contributed by atoms with E-state index in [0.29, 0.717) is 21.1 Å². The van der Waals surface area contributed by atoms with E-state index in [0.717, 1.165) is 11.8 Å². The first-order valence-electron chi connectivity index (χ1n) is 9.11. The summed E-state index contributed by atoms with van der Waals surface area (Å²) in [5.74, 6) is -0.0708. The lowest BCUT2D eigenvalue weighted by molar-refractivity contribution is 0.316. The van der Waals surface area contributed by atoms with Gasteiger partial charge in [0.05, 0.1) is 12.6 Å². The predicted molar refractivity (Wildman–Crippen MR) is 117 cm³/mol. The quantitative estimate of drug-likeness (QED) is 0.327. The summed E-state index contributed by atoms with van der Waals surface area (Å²) in [5.41, 5.74) is 0.493. The third-order valence-electron chi connectivity index (χ3n) is 4.75. The maximum Gasteiger partial charge on any atom is 0.249 e. The highest BCUT2D eigenvalue weighted by atomic mass is 35.5. The molecule has 1 N–H and O–H groups in total. The van der Waals surface area contributed by atoms with Crippen LogP contribution < -0.4 is 14.7 Å². The molecule has 164 valence electrons. The van der Waals surface area contributed by atoms with Crippen LogP contribution in [0.25, 0.3) is 10.9 Å². The molecule has 0 aliphatic carbocycles. The smallest absolute Gasteiger partial charge is 0.249 e. The number of ether oxygens (including phenoxy) is 1. The van der Waals surface area contributed by atoms with Crippen molar-refractivity contribution in [3.05, 3.63) is 29.1 Å². The number of rotatable bonds is 5. The number of nitrogens with one attached hydrogen (secondary N) is 1. The zero-order chi connectivity index (χ0) is 22.3. The fourth-order valence-electron chi connectivity index (χ4n) is 3.32. The van der Waals surface area contributed by atoms with Gasteiger partial charge >= 0.3 is 0 Å². The molecule has 0 aromatic carbocycles. The molecule has 1 unspecified atom stereocenters. The predicted octanol–water partition coefficient (Wildman–Crippen LogP) is 2.61. The standard InChI is InChI=1S/C17H18ClFN7O3PS/c1-8(9-6-20-7-21-14(9)25-30-2)26-4-5-29-16-10-12(11(19)13(18)23-16)22-17(24-15(10)26)31(3,27)28/h6-8,30H,4-5H2,1-3H3,(H,20,21,25)/t8-/m1/s1. The van der Waals surface area contributed by atoms with Crippen LogP contribution in [-0.2, 0) is 9.84 Å². The van der Waals surface area contributed by atoms with Gasteiger partial charge in [0, 0.05) is 18.0 Å². The molecule has 4 rings (SSSR count). The van der Waals surface area contributed by atoms with Crippen LogP contribution in [0.3, 0.4) is 0 Å². The second-order valence-corrected chi connectivity index (χ2v) is 9.78. The van der Waals surface area contributed by atoms with Crippen LogP contribution in [0, 0.1) is 5.82 Å². The molecule has 0 bridgehead atoms.